The molecule has 1 aromatic heterocycles. The summed E-state index contributed by atoms with van der Waals surface area (Å²) in [5, 5.41) is 24.8. The van der Waals surface area contributed by atoms with Crippen LogP contribution in [0, 0.1) is 12.7 Å². The van der Waals surface area contributed by atoms with Crippen LogP contribution in [0.25, 0.3) is 5.69 Å². The molecule has 0 aliphatic heterocycles. The van der Waals surface area contributed by atoms with Gasteiger partial charge in [-0.1, -0.05) is 0 Å². The van der Waals surface area contributed by atoms with Crippen LogP contribution in [0.15, 0.2) is 30.6 Å². The van der Waals surface area contributed by atoms with Gasteiger partial charge in [0, 0.05) is 18.4 Å². The summed E-state index contributed by atoms with van der Waals surface area (Å²) < 4.78 is 15.4. The van der Waals surface area contributed by atoms with Gasteiger partial charge in [-0.15, -0.1) is 0 Å². The molecule has 2 aromatic rings. The van der Waals surface area contributed by atoms with Crippen LogP contribution in [0.5, 0.6) is 0 Å². The number of halogens is 1. The molecule has 0 aliphatic rings. The summed E-state index contributed by atoms with van der Waals surface area (Å²) in [5.41, 5.74) is 1.85. The maximum absolute atomic E-state index is 13.9. The van der Waals surface area contributed by atoms with Crippen LogP contribution in [0.4, 0.5) is 10.1 Å². The van der Waals surface area contributed by atoms with Crippen molar-refractivity contribution in [2.45, 2.75) is 13.0 Å². The normalized spacial score (nSPS) is 12.4. The highest BCUT2D eigenvalue weighted by molar-refractivity contribution is 5.49. The zero-order valence-electron chi connectivity index (χ0n) is 10.5. The number of anilines is 1. The van der Waals surface area contributed by atoms with E-state index < -0.39 is 11.9 Å². The van der Waals surface area contributed by atoms with Gasteiger partial charge in [0.2, 0.25) is 0 Å². The molecule has 6 heteroatoms. The number of aliphatic hydroxyl groups is 2. The lowest BCUT2D eigenvalue weighted by atomic mass is 10.2. The molecular formula is C13H16FN3O2. The minimum atomic E-state index is -0.864. The predicted octanol–water partition coefficient (Wildman–Crippen LogP) is 1.08. The number of hydrogen-bond donors (Lipinski definition) is 3. The number of hydrogen-bond acceptors (Lipinski definition) is 4. The Morgan fingerprint density at radius 2 is 2.26 bits per heavy atom. The lowest BCUT2D eigenvalue weighted by molar-refractivity contribution is 0.105. The van der Waals surface area contributed by atoms with E-state index in [9.17, 15) is 9.50 Å². The third-order valence-electron chi connectivity index (χ3n) is 2.66. The minimum absolute atomic E-state index is 0.163. The molecule has 2 rings (SSSR count). The monoisotopic (exact) mass is 265 g/mol. The van der Waals surface area contributed by atoms with E-state index in [1.807, 2.05) is 6.92 Å². The molecule has 0 spiro atoms. The number of aromatic nitrogens is 2. The highest BCUT2D eigenvalue weighted by Gasteiger charge is 2.07. The maximum atomic E-state index is 13.9. The Hall–Kier alpha value is -1.92. The topological polar surface area (TPSA) is 70.3 Å². The van der Waals surface area contributed by atoms with E-state index in [4.69, 9.17) is 5.11 Å². The Labute approximate surface area is 110 Å². The van der Waals surface area contributed by atoms with Gasteiger partial charge in [0.1, 0.15) is 5.69 Å². The van der Waals surface area contributed by atoms with Crippen molar-refractivity contribution in [3.8, 4) is 5.69 Å². The van der Waals surface area contributed by atoms with Crippen molar-refractivity contribution in [2.75, 3.05) is 18.5 Å². The largest absolute Gasteiger partial charge is 0.394 e. The van der Waals surface area contributed by atoms with E-state index in [1.54, 1.807) is 24.5 Å². The molecule has 1 heterocycles. The molecule has 0 fully saturated rings. The Kier molecular flexibility index (Phi) is 4.13. The van der Waals surface area contributed by atoms with Crippen LogP contribution in [0.2, 0.25) is 0 Å². The van der Waals surface area contributed by atoms with Gasteiger partial charge in [0.05, 0.1) is 18.9 Å². The number of aryl methyl sites for hydroxylation is 1. The first-order valence-corrected chi connectivity index (χ1v) is 5.94. The van der Waals surface area contributed by atoms with Crippen molar-refractivity contribution >= 4 is 5.69 Å². The van der Waals surface area contributed by atoms with E-state index in [2.05, 4.69) is 10.4 Å². The minimum Gasteiger partial charge on any atom is -0.394 e. The lowest BCUT2D eigenvalue weighted by Gasteiger charge is -2.11. The van der Waals surface area contributed by atoms with Gasteiger partial charge >= 0.3 is 0 Å². The quantitative estimate of drug-likeness (QED) is 0.756. The van der Waals surface area contributed by atoms with E-state index in [1.165, 1.54) is 10.7 Å². The summed E-state index contributed by atoms with van der Waals surface area (Å²) in [5.74, 6) is -0.411. The zero-order chi connectivity index (χ0) is 13.8. The second kappa shape index (κ2) is 5.81. The number of benzene rings is 1. The lowest BCUT2D eigenvalue weighted by Crippen LogP contribution is -2.23. The third-order valence-corrected chi connectivity index (χ3v) is 2.66. The average Bonchev–Trinajstić information content (AvgIpc) is 2.82. The van der Waals surface area contributed by atoms with Crippen LogP contribution in [-0.4, -0.2) is 39.2 Å². The average molecular weight is 265 g/mol. The molecule has 0 radical (unpaired) electrons. The molecule has 0 amide bonds. The van der Waals surface area contributed by atoms with Gasteiger partial charge < -0.3 is 15.5 Å². The van der Waals surface area contributed by atoms with Crippen LogP contribution < -0.4 is 5.32 Å². The Balaban J connectivity index is 2.13. The van der Waals surface area contributed by atoms with Crippen molar-refractivity contribution in [1.82, 2.24) is 9.78 Å². The van der Waals surface area contributed by atoms with Gasteiger partial charge in [-0.3, -0.25) is 0 Å². The molecule has 0 saturated heterocycles. The summed E-state index contributed by atoms with van der Waals surface area (Å²) in [6.07, 6.45) is 2.53. The highest BCUT2D eigenvalue weighted by Crippen LogP contribution is 2.18. The molecule has 1 atom stereocenters. The summed E-state index contributed by atoms with van der Waals surface area (Å²) in [6.45, 7) is 1.71. The van der Waals surface area contributed by atoms with Crippen molar-refractivity contribution in [3.05, 3.63) is 42.0 Å². The molecule has 19 heavy (non-hydrogen) atoms. The molecule has 0 bridgehead atoms. The summed E-state index contributed by atoms with van der Waals surface area (Å²) in [4.78, 5) is 0. The fourth-order valence-electron chi connectivity index (χ4n) is 1.65. The molecular weight excluding hydrogens is 249 g/mol. The van der Waals surface area contributed by atoms with Gasteiger partial charge in [-0.05, 0) is 30.7 Å². The fraction of sp³-hybridized carbons (Fsp3) is 0.308. The van der Waals surface area contributed by atoms with Crippen LogP contribution in [-0.2, 0) is 0 Å². The Morgan fingerprint density at radius 3 is 2.84 bits per heavy atom. The fourth-order valence-corrected chi connectivity index (χ4v) is 1.65. The molecule has 102 valence electrons. The van der Waals surface area contributed by atoms with Crippen molar-refractivity contribution in [3.63, 3.8) is 0 Å². The molecule has 0 aliphatic carbocycles. The van der Waals surface area contributed by atoms with Crippen LogP contribution in [0.1, 0.15) is 5.56 Å². The van der Waals surface area contributed by atoms with Gasteiger partial charge in [-0.2, -0.15) is 5.10 Å². The number of nitrogens with one attached hydrogen (secondary N) is 1. The SMILES string of the molecule is Cc1cnn(-c2ccc(NCC(O)CO)cc2F)c1. The van der Waals surface area contributed by atoms with Crippen molar-refractivity contribution in [1.29, 1.82) is 0 Å². The predicted molar refractivity (Wildman–Crippen MR) is 69.8 cm³/mol. The number of nitrogens with zero attached hydrogens (tertiary/aromatic N) is 2. The second-order valence-electron chi connectivity index (χ2n) is 4.35. The molecule has 1 aromatic carbocycles. The Morgan fingerprint density at radius 1 is 1.47 bits per heavy atom. The second-order valence-corrected chi connectivity index (χ2v) is 4.35. The van der Waals surface area contributed by atoms with Gasteiger partial charge in [0.25, 0.3) is 0 Å². The van der Waals surface area contributed by atoms with Gasteiger partial charge in [0.15, 0.2) is 5.82 Å². The van der Waals surface area contributed by atoms with E-state index in [0.29, 0.717) is 11.4 Å². The standard InChI is InChI=1S/C13H16FN3O2/c1-9-5-16-17(7-9)13-3-2-10(4-12(13)14)15-6-11(19)8-18/h2-5,7,11,15,18-19H,6,8H2,1H3. The molecule has 3 N–H and O–H groups in total. The van der Waals surface area contributed by atoms with Crippen LogP contribution in [0.3, 0.4) is 0 Å². The van der Waals surface area contributed by atoms with Crippen molar-refractivity contribution < 1.29 is 14.6 Å². The number of aliphatic hydroxyl groups excluding tert-OH is 2. The van der Waals surface area contributed by atoms with Gasteiger partial charge in [-0.25, -0.2) is 9.07 Å². The number of rotatable bonds is 5. The first kappa shape index (κ1) is 13.5. The highest BCUT2D eigenvalue weighted by atomic mass is 19.1. The summed E-state index contributed by atoms with van der Waals surface area (Å²) >= 11 is 0. The van der Waals surface area contributed by atoms with E-state index in [0.717, 1.165) is 5.56 Å². The Bertz CT molecular complexity index is 557. The first-order chi connectivity index (χ1) is 9.10. The molecule has 5 nitrogen and oxygen atoms in total. The smallest absolute Gasteiger partial charge is 0.150 e. The summed E-state index contributed by atoms with van der Waals surface area (Å²) in [6, 6.07) is 4.63. The molecule has 0 saturated carbocycles. The third kappa shape index (κ3) is 3.30. The summed E-state index contributed by atoms with van der Waals surface area (Å²) in [7, 11) is 0. The first-order valence-electron chi connectivity index (χ1n) is 5.94. The van der Waals surface area contributed by atoms with Crippen LogP contribution >= 0.6 is 0 Å². The zero-order valence-corrected chi connectivity index (χ0v) is 10.5. The van der Waals surface area contributed by atoms with E-state index >= 15 is 0 Å². The molecule has 1 unspecified atom stereocenters. The van der Waals surface area contributed by atoms with E-state index in [-0.39, 0.29) is 13.2 Å². The maximum Gasteiger partial charge on any atom is 0.150 e. The van der Waals surface area contributed by atoms with Crippen molar-refractivity contribution in [2.24, 2.45) is 0 Å².